The maximum absolute atomic E-state index is 5.95. The molecule has 0 saturated carbocycles. The number of benzene rings is 1. The fraction of sp³-hybridized carbons (Fsp3) is 0.350. The zero-order valence-electron chi connectivity index (χ0n) is 16.8. The van der Waals surface area contributed by atoms with Gasteiger partial charge in [0.25, 0.3) is 0 Å². The van der Waals surface area contributed by atoms with Crippen molar-refractivity contribution in [3.05, 3.63) is 54.5 Å². The normalized spacial score (nSPS) is 12.2. The van der Waals surface area contributed by atoms with Crippen LogP contribution in [-0.2, 0) is 6.42 Å². The van der Waals surface area contributed by atoms with Crippen molar-refractivity contribution in [2.24, 2.45) is 4.99 Å². The van der Waals surface area contributed by atoms with Gasteiger partial charge < -0.3 is 20.1 Å². The quantitative estimate of drug-likeness (QED) is 0.275. The number of guanidine groups is 1. The Kier molecular flexibility index (Phi) is 8.97. The highest BCUT2D eigenvalue weighted by Gasteiger charge is 2.10. The number of para-hydroxylation sites is 2. The van der Waals surface area contributed by atoms with E-state index in [1.54, 1.807) is 14.2 Å². The summed E-state index contributed by atoms with van der Waals surface area (Å²) in [5.74, 6) is 3.06. The fourth-order valence-corrected chi connectivity index (χ4v) is 2.79. The Bertz CT molecular complexity index is 930. The van der Waals surface area contributed by atoms with Crippen LogP contribution in [0.2, 0.25) is 0 Å². The Morgan fingerprint density at radius 1 is 1.10 bits per heavy atom. The summed E-state index contributed by atoms with van der Waals surface area (Å²) in [6, 6.07) is 13.5. The number of halogens is 1. The van der Waals surface area contributed by atoms with Gasteiger partial charge in [-0.25, -0.2) is 0 Å². The number of rotatable bonds is 8. The summed E-state index contributed by atoms with van der Waals surface area (Å²) in [7, 11) is 3.38. The van der Waals surface area contributed by atoms with Crippen molar-refractivity contribution in [1.82, 2.24) is 25.2 Å². The van der Waals surface area contributed by atoms with Crippen molar-refractivity contribution >= 4 is 35.6 Å². The van der Waals surface area contributed by atoms with Crippen LogP contribution in [0.15, 0.2) is 53.7 Å². The number of pyridine rings is 1. The maximum Gasteiger partial charge on any atom is 0.191 e. The molecule has 2 heterocycles. The first-order valence-electron chi connectivity index (χ1n) is 9.24. The molecule has 3 rings (SSSR count). The molecule has 3 aromatic rings. The van der Waals surface area contributed by atoms with Gasteiger partial charge in [0, 0.05) is 26.2 Å². The molecule has 8 nitrogen and oxygen atoms in total. The van der Waals surface area contributed by atoms with Crippen molar-refractivity contribution in [2.45, 2.75) is 19.4 Å². The molecular formula is C20H27IN6O2. The molecule has 9 heteroatoms. The predicted molar refractivity (Wildman–Crippen MR) is 125 cm³/mol. The van der Waals surface area contributed by atoms with E-state index in [0.29, 0.717) is 19.0 Å². The van der Waals surface area contributed by atoms with Crippen LogP contribution in [0.25, 0.3) is 5.65 Å². The van der Waals surface area contributed by atoms with Gasteiger partial charge in [0.1, 0.15) is 11.9 Å². The highest BCUT2D eigenvalue weighted by Crippen LogP contribution is 2.26. The summed E-state index contributed by atoms with van der Waals surface area (Å²) in [5.41, 5.74) is 0.849. The number of hydrogen-bond donors (Lipinski definition) is 2. The monoisotopic (exact) mass is 510 g/mol. The topological polar surface area (TPSA) is 85.1 Å². The van der Waals surface area contributed by atoms with E-state index >= 15 is 0 Å². The molecule has 29 heavy (non-hydrogen) atoms. The second-order valence-corrected chi connectivity index (χ2v) is 6.25. The zero-order chi connectivity index (χ0) is 19.8. The molecule has 1 aromatic carbocycles. The molecule has 0 fully saturated rings. The van der Waals surface area contributed by atoms with E-state index in [9.17, 15) is 0 Å². The molecule has 0 amide bonds. The molecule has 2 aromatic heterocycles. The van der Waals surface area contributed by atoms with Crippen LogP contribution in [0.4, 0.5) is 0 Å². The lowest BCUT2D eigenvalue weighted by atomic mass is 10.3. The van der Waals surface area contributed by atoms with E-state index in [4.69, 9.17) is 9.47 Å². The van der Waals surface area contributed by atoms with Crippen molar-refractivity contribution in [1.29, 1.82) is 0 Å². The molecule has 1 atom stereocenters. The lowest BCUT2D eigenvalue weighted by molar-refractivity contribution is 0.213. The number of aromatic nitrogens is 3. The van der Waals surface area contributed by atoms with Crippen LogP contribution in [-0.4, -0.2) is 53.9 Å². The van der Waals surface area contributed by atoms with Crippen molar-refractivity contribution < 1.29 is 9.47 Å². The number of methoxy groups -OCH3 is 1. The van der Waals surface area contributed by atoms with E-state index in [1.807, 2.05) is 60.0 Å². The first-order valence-corrected chi connectivity index (χ1v) is 9.24. The number of hydrogen-bond acceptors (Lipinski definition) is 5. The molecule has 1 unspecified atom stereocenters. The number of ether oxygens (including phenoxy) is 2. The van der Waals surface area contributed by atoms with Crippen LogP contribution >= 0.6 is 24.0 Å². The van der Waals surface area contributed by atoms with Gasteiger partial charge in [0.15, 0.2) is 23.1 Å². The molecule has 0 bridgehead atoms. The summed E-state index contributed by atoms with van der Waals surface area (Å²) in [6.07, 6.45) is 2.64. The minimum atomic E-state index is -0.0599. The molecule has 0 saturated heterocycles. The first kappa shape index (κ1) is 22.7. The summed E-state index contributed by atoms with van der Waals surface area (Å²) in [6.45, 7) is 3.29. The maximum atomic E-state index is 5.95. The minimum Gasteiger partial charge on any atom is -0.493 e. The Morgan fingerprint density at radius 3 is 2.62 bits per heavy atom. The predicted octanol–water partition coefficient (Wildman–Crippen LogP) is 2.53. The van der Waals surface area contributed by atoms with E-state index in [2.05, 4.69) is 25.8 Å². The third kappa shape index (κ3) is 6.21. The average Bonchev–Trinajstić information content (AvgIpc) is 3.14. The Labute approximate surface area is 187 Å². The molecule has 0 aliphatic rings. The van der Waals surface area contributed by atoms with E-state index in [1.165, 1.54) is 0 Å². The van der Waals surface area contributed by atoms with Gasteiger partial charge in [-0.2, -0.15) is 0 Å². The van der Waals surface area contributed by atoms with Crippen molar-refractivity contribution in [3.8, 4) is 11.5 Å². The third-order valence-electron chi connectivity index (χ3n) is 4.20. The molecule has 0 aliphatic heterocycles. The standard InChI is InChI=1S/C20H26N6O2.HI/c1-15(28-17-9-5-4-8-16(17)27-3)14-23-20(21-2)22-12-11-19-25-24-18-10-6-7-13-26(18)19;/h4-10,13,15H,11-12,14H2,1-3H3,(H2,21,22,23);1H. The molecule has 0 radical (unpaired) electrons. The van der Waals surface area contributed by atoms with Crippen LogP contribution < -0.4 is 20.1 Å². The van der Waals surface area contributed by atoms with Gasteiger partial charge in [0.2, 0.25) is 0 Å². The van der Waals surface area contributed by atoms with Gasteiger partial charge in [0.05, 0.1) is 13.7 Å². The highest BCUT2D eigenvalue weighted by molar-refractivity contribution is 14.0. The summed E-state index contributed by atoms with van der Waals surface area (Å²) < 4.78 is 13.3. The second-order valence-electron chi connectivity index (χ2n) is 6.25. The first-order chi connectivity index (χ1) is 13.7. The average molecular weight is 510 g/mol. The number of nitrogens with zero attached hydrogens (tertiary/aromatic N) is 4. The largest absolute Gasteiger partial charge is 0.493 e. The number of nitrogens with one attached hydrogen (secondary N) is 2. The lowest BCUT2D eigenvalue weighted by Gasteiger charge is -2.19. The number of fused-ring (bicyclic) bond motifs is 1. The lowest BCUT2D eigenvalue weighted by Crippen LogP contribution is -2.42. The Morgan fingerprint density at radius 2 is 1.86 bits per heavy atom. The number of aliphatic imine (C=N–C) groups is 1. The van der Waals surface area contributed by atoms with Gasteiger partial charge in [-0.15, -0.1) is 34.2 Å². The summed E-state index contributed by atoms with van der Waals surface area (Å²) >= 11 is 0. The van der Waals surface area contributed by atoms with Gasteiger partial charge in [-0.3, -0.25) is 9.39 Å². The van der Waals surface area contributed by atoms with Crippen molar-refractivity contribution in [3.63, 3.8) is 0 Å². The van der Waals surface area contributed by atoms with Crippen LogP contribution in [0, 0.1) is 0 Å². The van der Waals surface area contributed by atoms with Gasteiger partial charge in [-0.1, -0.05) is 18.2 Å². The fourth-order valence-electron chi connectivity index (χ4n) is 2.79. The van der Waals surface area contributed by atoms with Crippen LogP contribution in [0.1, 0.15) is 12.7 Å². The molecule has 156 valence electrons. The zero-order valence-corrected chi connectivity index (χ0v) is 19.2. The van der Waals surface area contributed by atoms with Gasteiger partial charge >= 0.3 is 0 Å². The Balaban J connectivity index is 0.00000300. The van der Waals surface area contributed by atoms with E-state index < -0.39 is 0 Å². The third-order valence-corrected chi connectivity index (χ3v) is 4.20. The summed E-state index contributed by atoms with van der Waals surface area (Å²) in [5, 5.41) is 15.0. The summed E-state index contributed by atoms with van der Waals surface area (Å²) in [4.78, 5) is 4.25. The van der Waals surface area contributed by atoms with E-state index in [-0.39, 0.29) is 30.1 Å². The minimum absolute atomic E-state index is 0. The van der Waals surface area contributed by atoms with Crippen molar-refractivity contribution in [2.75, 3.05) is 27.2 Å². The van der Waals surface area contributed by atoms with Crippen LogP contribution in [0.5, 0.6) is 11.5 Å². The van der Waals surface area contributed by atoms with E-state index in [0.717, 1.165) is 29.4 Å². The van der Waals surface area contributed by atoms with Gasteiger partial charge in [-0.05, 0) is 31.2 Å². The molecular weight excluding hydrogens is 483 g/mol. The molecule has 2 N–H and O–H groups in total. The SMILES string of the molecule is CN=C(NCCc1nnc2ccccn12)NCC(C)Oc1ccccc1OC.I. The molecule has 0 aliphatic carbocycles. The smallest absolute Gasteiger partial charge is 0.191 e. The highest BCUT2D eigenvalue weighted by atomic mass is 127. The second kappa shape index (κ2) is 11.4. The van der Waals surface area contributed by atoms with Crippen LogP contribution in [0.3, 0.4) is 0 Å². The molecule has 0 spiro atoms. The Hall–Kier alpha value is -2.56.